The maximum atomic E-state index is 12.2. The van der Waals surface area contributed by atoms with Gasteiger partial charge in [0.1, 0.15) is 24.1 Å². The van der Waals surface area contributed by atoms with Crippen molar-refractivity contribution >= 4 is 34.2 Å². The van der Waals surface area contributed by atoms with Gasteiger partial charge in [-0.1, -0.05) is 30.3 Å². The Morgan fingerprint density at radius 3 is 2.68 bits per heavy atom. The average Bonchev–Trinajstić information content (AvgIpc) is 3.01. The number of hydrogen-bond donors (Lipinski definition) is 3. The molecule has 0 aliphatic carbocycles. The molecule has 28 heavy (non-hydrogen) atoms. The van der Waals surface area contributed by atoms with Gasteiger partial charge in [0.05, 0.1) is 6.54 Å². The van der Waals surface area contributed by atoms with E-state index in [0.29, 0.717) is 11.4 Å². The Morgan fingerprint density at radius 2 is 1.89 bits per heavy atom. The van der Waals surface area contributed by atoms with E-state index >= 15 is 0 Å². The summed E-state index contributed by atoms with van der Waals surface area (Å²) in [7, 11) is 1.52. The number of H-pyrrole nitrogens is 2. The number of fused-ring (bicyclic) bond motifs is 2. The molecule has 0 radical (unpaired) electrons. The van der Waals surface area contributed by atoms with E-state index in [-0.39, 0.29) is 23.4 Å². The summed E-state index contributed by atoms with van der Waals surface area (Å²) in [4.78, 5) is 29.0. The fourth-order valence-electron chi connectivity index (χ4n) is 3.16. The van der Waals surface area contributed by atoms with Crippen LogP contribution in [-0.2, 0) is 13.6 Å². The summed E-state index contributed by atoms with van der Waals surface area (Å²) in [5.41, 5.74) is -0.590. The Kier molecular flexibility index (Phi) is 4.62. The molecular weight excluding hydrogens is 380 g/mol. The zero-order valence-corrected chi connectivity index (χ0v) is 15.8. The molecule has 2 aromatic heterocycles. The number of aliphatic hydroxyl groups excluding tert-OH is 1. The van der Waals surface area contributed by atoms with Crippen LogP contribution in [0.4, 0.5) is 0 Å². The lowest BCUT2D eigenvalue weighted by Gasteiger charge is -2.14. The van der Waals surface area contributed by atoms with Crippen LogP contribution in [-0.4, -0.2) is 36.9 Å². The third-order valence-electron chi connectivity index (χ3n) is 4.60. The molecule has 0 aliphatic heterocycles. The summed E-state index contributed by atoms with van der Waals surface area (Å²) in [6, 6.07) is 13.6. The van der Waals surface area contributed by atoms with Crippen molar-refractivity contribution in [3.8, 4) is 5.75 Å². The van der Waals surface area contributed by atoms with Crippen molar-refractivity contribution in [2.24, 2.45) is 7.05 Å². The number of nitrogens with zero attached hydrogens (tertiary/aromatic N) is 2. The third-order valence-corrected chi connectivity index (χ3v) is 4.92. The molecule has 3 N–H and O–H groups in total. The monoisotopic (exact) mass is 398 g/mol. The highest BCUT2D eigenvalue weighted by molar-refractivity contribution is 7.71. The summed E-state index contributed by atoms with van der Waals surface area (Å²) in [6.45, 7) is 0.0736. The number of ether oxygens (including phenoxy) is 1. The van der Waals surface area contributed by atoms with E-state index < -0.39 is 17.4 Å². The molecule has 0 bridgehead atoms. The van der Waals surface area contributed by atoms with Gasteiger partial charge in [-0.3, -0.25) is 14.3 Å². The predicted octanol–water partition coefficient (Wildman–Crippen LogP) is 1.68. The molecule has 144 valence electrons. The smallest absolute Gasteiger partial charge is 0.329 e. The van der Waals surface area contributed by atoms with Crippen molar-refractivity contribution in [3.63, 3.8) is 0 Å². The van der Waals surface area contributed by atoms with E-state index in [1.54, 1.807) is 0 Å². The number of benzene rings is 2. The van der Waals surface area contributed by atoms with E-state index in [2.05, 4.69) is 9.97 Å². The Hall–Kier alpha value is -3.17. The van der Waals surface area contributed by atoms with Crippen LogP contribution in [0.3, 0.4) is 0 Å². The molecule has 0 saturated carbocycles. The number of nitrogens with one attached hydrogen (secondary N) is 2. The van der Waals surface area contributed by atoms with Gasteiger partial charge >= 0.3 is 5.69 Å². The van der Waals surface area contributed by atoms with Crippen LogP contribution in [0, 0.1) is 4.77 Å². The second-order valence-electron chi connectivity index (χ2n) is 6.53. The summed E-state index contributed by atoms with van der Waals surface area (Å²) < 4.78 is 8.68. The van der Waals surface area contributed by atoms with Crippen LogP contribution in [0.25, 0.3) is 21.9 Å². The van der Waals surface area contributed by atoms with Crippen molar-refractivity contribution in [2.45, 2.75) is 12.6 Å². The molecule has 2 aromatic carbocycles. The van der Waals surface area contributed by atoms with Crippen molar-refractivity contribution in [1.29, 1.82) is 0 Å². The van der Waals surface area contributed by atoms with Gasteiger partial charge < -0.3 is 19.4 Å². The zero-order chi connectivity index (χ0) is 19.8. The average molecular weight is 398 g/mol. The quantitative estimate of drug-likeness (QED) is 0.444. The van der Waals surface area contributed by atoms with Crippen molar-refractivity contribution < 1.29 is 9.84 Å². The van der Waals surface area contributed by atoms with E-state index in [4.69, 9.17) is 17.0 Å². The first kappa shape index (κ1) is 18.2. The van der Waals surface area contributed by atoms with Crippen LogP contribution < -0.4 is 16.0 Å². The van der Waals surface area contributed by atoms with Gasteiger partial charge in [0.2, 0.25) is 0 Å². The van der Waals surface area contributed by atoms with Gasteiger partial charge in [0.25, 0.3) is 5.56 Å². The summed E-state index contributed by atoms with van der Waals surface area (Å²) in [5.74, 6) is 0.639. The fourth-order valence-corrected chi connectivity index (χ4v) is 3.42. The van der Waals surface area contributed by atoms with Crippen LogP contribution >= 0.6 is 12.2 Å². The number of rotatable bonds is 5. The molecule has 9 heteroatoms. The lowest BCUT2D eigenvalue weighted by molar-refractivity contribution is 0.0931. The highest BCUT2D eigenvalue weighted by Gasteiger charge is 2.16. The largest absolute Gasteiger partial charge is 0.491 e. The van der Waals surface area contributed by atoms with Crippen molar-refractivity contribution in [1.82, 2.24) is 19.1 Å². The Morgan fingerprint density at radius 1 is 1.14 bits per heavy atom. The Balaban J connectivity index is 1.55. The zero-order valence-electron chi connectivity index (χ0n) is 15.0. The van der Waals surface area contributed by atoms with E-state index in [1.165, 1.54) is 16.2 Å². The molecule has 4 rings (SSSR count). The van der Waals surface area contributed by atoms with E-state index in [1.807, 2.05) is 42.5 Å². The predicted molar refractivity (Wildman–Crippen MR) is 108 cm³/mol. The SMILES string of the molecule is Cn1c(=O)[nH]c(=O)c2c1[nH]c(=S)n2CC(O)COc1ccc2ccccc2c1. The van der Waals surface area contributed by atoms with Crippen LogP contribution in [0.15, 0.2) is 52.1 Å². The molecule has 2 heterocycles. The molecule has 8 nitrogen and oxygen atoms in total. The van der Waals surface area contributed by atoms with Gasteiger partial charge in [-0.15, -0.1) is 0 Å². The van der Waals surface area contributed by atoms with Gasteiger partial charge in [-0.05, 0) is 35.1 Å². The minimum atomic E-state index is -0.909. The minimum absolute atomic E-state index is 0.0243. The van der Waals surface area contributed by atoms with Crippen LogP contribution in [0.1, 0.15) is 0 Å². The van der Waals surface area contributed by atoms with Gasteiger partial charge in [0.15, 0.2) is 10.3 Å². The maximum Gasteiger partial charge on any atom is 0.329 e. The number of aryl methyl sites for hydroxylation is 1. The summed E-state index contributed by atoms with van der Waals surface area (Å²) in [6.07, 6.45) is -0.909. The topological polar surface area (TPSA) is 105 Å². The molecule has 0 fully saturated rings. The van der Waals surface area contributed by atoms with Crippen LogP contribution in [0.5, 0.6) is 5.75 Å². The molecule has 4 aromatic rings. The highest BCUT2D eigenvalue weighted by atomic mass is 32.1. The molecular formula is C19H18N4O4S. The molecule has 1 unspecified atom stereocenters. The highest BCUT2D eigenvalue weighted by Crippen LogP contribution is 2.20. The van der Waals surface area contributed by atoms with Crippen LogP contribution in [0.2, 0.25) is 0 Å². The number of aromatic nitrogens is 4. The van der Waals surface area contributed by atoms with Gasteiger partial charge in [-0.2, -0.15) is 0 Å². The second-order valence-corrected chi connectivity index (χ2v) is 6.92. The van der Waals surface area contributed by atoms with E-state index in [0.717, 1.165) is 10.8 Å². The Labute approximate surface area is 163 Å². The van der Waals surface area contributed by atoms with Gasteiger partial charge in [0, 0.05) is 7.05 Å². The Bertz CT molecular complexity index is 1350. The number of hydrogen-bond acceptors (Lipinski definition) is 5. The third kappa shape index (κ3) is 3.25. The lowest BCUT2D eigenvalue weighted by atomic mass is 10.1. The summed E-state index contributed by atoms with van der Waals surface area (Å²) in [5, 5.41) is 12.6. The number of aromatic amines is 2. The van der Waals surface area contributed by atoms with E-state index in [9.17, 15) is 14.7 Å². The first-order chi connectivity index (χ1) is 13.4. The normalized spacial score (nSPS) is 12.5. The summed E-state index contributed by atoms with van der Waals surface area (Å²) >= 11 is 5.25. The number of imidazole rings is 1. The molecule has 0 aliphatic rings. The second kappa shape index (κ2) is 7.10. The molecule has 0 amide bonds. The van der Waals surface area contributed by atoms with Crippen molar-refractivity contribution in [2.75, 3.05) is 6.61 Å². The first-order valence-corrected chi connectivity index (χ1v) is 9.06. The molecule has 0 saturated heterocycles. The lowest BCUT2D eigenvalue weighted by Crippen LogP contribution is -2.30. The molecule has 1 atom stereocenters. The number of aliphatic hydroxyl groups is 1. The fraction of sp³-hybridized carbons (Fsp3) is 0.211. The maximum absolute atomic E-state index is 12.2. The standard InChI is InChI=1S/C19H18N4O4S/c1-22-16-15(17(25)21-18(22)26)23(19(28)20-16)9-13(24)10-27-14-7-6-11-4-2-3-5-12(11)8-14/h2-8,13,24H,9-10H2,1H3,(H,20,28)(H,21,25,26). The van der Waals surface area contributed by atoms with Gasteiger partial charge in [-0.25, -0.2) is 4.79 Å². The minimum Gasteiger partial charge on any atom is -0.491 e. The molecule has 0 spiro atoms. The first-order valence-electron chi connectivity index (χ1n) is 8.65. The van der Waals surface area contributed by atoms with Crippen molar-refractivity contribution in [3.05, 3.63) is 68.1 Å².